The minimum Gasteiger partial charge on any atom is -0.343 e. The molecule has 3 nitrogen and oxygen atoms in total. The zero-order valence-corrected chi connectivity index (χ0v) is 20.3. The number of nitrogens with zero attached hydrogens (tertiary/aromatic N) is 2. The molecule has 2 atom stereocenters. The average molecular weight is 457 g/mol. The Bertz CT molecular complexity index is 1550. The number of fused-ring (bicyclic) bond motifs is 2. The van der Waals surface area contributed by atoms with E-state index in [0.29, 0.717) is 0 Å². The smallest absolute Gasteiger partial charge is 0.255 e. The molecule has 5 aromatic rings. The van der Waals surface area contributed by atoms with E-state index in [0.717, 1.165) is 27.9 Å². The zero-order valence-electron chi connectivity index (χ0n) is 20.3. The van der Waals surface area contributed by atoms with Crippen LogP contribution in [-0.2, 0) is 7.05 Å². The Hall–Kier alpha value is -4.11. The van der Waals surface area contributed by atoms with Gasteiger partial charge < -0.3 is 9.47 Å². The van der Waals surface area contributed by atoms with Crippen LogP contribution in [-0.4, -0.2) is 15.4 Å². The maximum Gasteiger partial charge on any atom is 0.255 e. The first kappa shape index (κ1) is 21.4. The van der Waals surface area contributed by atoms with Gasteiger partial charge in [-0.15, -0.1) is 0 Å². The molecule has 4 aromatic carbocycles. The molecule has 0 unspecified atom stereocenters. The molecule has 2 heterocycles. The van der Waals surface area contributed by atoms with Crippen molar-refractivity contribution in [1.29, 1.82) is 0 Å². The van der Waals surface area contributed by atoms with Crippen LogP contribution in [0, 0.1) is 6.92 Å². The van der Waals surface area contributed by atoms with Crippen molar-refractivity contribution in [1.82, 2.24) is 9.47 Å². The second-order valence-corrected chi connectivity index (χ2v) is 9.49. The van der Waals surface area contributed by atoms with Crippen molar-refractivity contribution in [2.75, 3.05) is 0 Å². The third-order valence-corrected chi connectivity index (χ3v) is 7.44. The maximum atomic E-state index is 13.9. The van der Waals surface area contributed by atoms with Gasteiger partial charge in [0.2, 0.25) is 0 Å². The fourth-order valence-corrected chi connectivity index (χ4v) is 5.68. The topological polar surface area (TPSA) is 25.2 Å². The SMILES string of the molecule is Cc1ccc(-c2c([C@H]3c4ccccc4C(=O)N3[C@@H](C)c3ccccc3)c3ccccc3n2C)cc1. The second kappa shape index (κ2) is 8.28. The number of para-hydroxylation sites is 1. The Balaban J connectivity index is 1.66. The van der Waals surface area contributed by atoms with Gasteiger partial charge >= 0.3 is 0 Å². The van der Waals surface area contributed by atoms with Gasteiger partial charge in [-0.1, -0.05) is 96.6 Å². The van der Waals surface area contributed by atoms with E-state index in [1.807, 2.05) is 36.4 Å². The van der Waals surface area contributed by atoms with Crippen molar-refractivity contribution < 1.29 is 4.79 Å². The summed E-state index contributed by atoms with van der Waals surface area (Å²) in [6.07, 6.45) is 0. The average Bonchev–Trinajstić information content (AvgIpc) is 3.35. The van der Waals surface area contributed by atoms with Crippen LogP contribution in [0.15, 0.2) is 103 Å². The highest BCUT2D eigenvalue weighted by atomic mass is 16.2. The van der Waals surface area contributed by atoms with Gasteiger partial charge in [0, 0.05) is 29.1 Å². The van der Waals surface area contributed by atoms with Gasteiger partial charge in [-0.25, -0.2) is 0 Å². The predicted molar refractivity (Wildman–Crippen MR) is 142 cm³/mol. The summed E-state index contributed by atoms with van der Waals surface area (Å²) in [5, 5.41) is 1.19. The Labute approximate surface area is 206 Å². The van der Waals surface area contributed by atoms with Crippen LogP contribution < -0.4 is 0 Å². The molecule has 0 spiro atoms. The quantitative estimate of drug-likeness (QED) is 0.275. The fraction of sp³-hybridized carbons (Fsp3) is 0.156. The summed E-state index contributed by atoms with van der Waals surface area (Å²) < 4.78 is 2.28. The zero-order chi connectivity index (χ0) is 24.1. The normalized spacial score (nSPS) is 16.0. The summed E-state index contributed by atoms with van der Waals surface area (Å²) in [7, 11) is 2.13. The number of hydrogen-bond donors (Lipinski definition) is 0. The first-order valence-electron chi connectivity index (χ1n) is 12.2. The number of rotatable bonds is 4. The van der Waals surface area contributed by atoms with Gasteiger partial charge in [0.25, 0.3) is 5.91 Å². The largest absolute Gasteiger partial charge is 0.343 e. The maximum absolute atomic E-state index is 13.9. The molecule has 0 bridgehead atoms. The Kier molecular flexibility index (Phi) is 5.07. The summed E-state index contributed by atoms with van der Waals surface area (Å²) >= 11 is 0. The van der Waals surface area contributed by atoms with E-state index < -0.39 is 0 Å². The fourth-order valence-electron chi connectivity index (χ4n) is 5.68. The van der Waals surface area contributed by atoms with Gasteiger partial charge in [0.1, 0.15) is 0 Å². The molecule has 0 saturated carbocycles. The van der Waals surface area contributed by atoms with E-state index in [-0.39, 0.29) is 18.0 Å². The van der Waals surface area contributed by atoms with Gasteiger partial charge in [-0.3, -0.25) is 4.79 Å². The number of aryl methyl sites for hydroxylation is 2. The molecule has 35 heavy (non-hydrogen) atoms. The molecule has 6 rings (SSSR count). The van der Waals surface area contributed by atoms with Crippen LogP contribution in [0.3, 0.4) is 0 Å². The van der Waals surface area contributed by atoms with Gasteiger partial charge in [-0.2, -0.15) is 0 Å². The van der Waals surface area contributed by atoms with Crippen molar-refractivity contribution >= 4 is 16.8 Å². The highest BCUT2D eigenvalue weighted by Crippen LogP contribution is 2.49. The second-order valence-electron chi connectivity index (χ2n) is 9.49. The number of hydrogen-bond acceptors (Lipinski definition) is 1. The molecule has 0 saturated heterocycles. The van der Waals surface area contributed by atoms with Crippen molar-refractivity contribution in [2.24, 2.45) is 7.05 Å². The van der Waals surface area contributed by atoms with E-state index in [4.69, 9.17) is 0 Å². The lowest BCUT2D eigenvalue weighted by atomic mass is 9.92. The third kappa shape index (κ3) is 3.30. The number of carbonyl (C=O) groups is 1. The monoisotopic (exact) mass is 456 g/mol. The molecule has 0 radical (unpaired) electrons. The summed E-state index contributed by atoms with van der Waals surface area (Å²) in [5.74, 6) is 0.0877. The van der Waals surface area contributed by atoms with E-state index in [9.17, 15) is 4.79 Å². The number of benzene rings is 4. The van der Waals surface area contributed by atoms with Gasteiger partial charge in [0.15, 0.2) is 0 Å². The molecule has 1 aliphatic rings. The first-order chi connectivity index (χ1) is 17.1. The molecule has 0 N–H and O–H groups in total. The predicted octanol–water partition coefficient (Wildman–Crippen LogP) is 7.46. The van der Waals surface area contributed by atoms with E-state index in [2.05, 4.69) is 97.1 Å². The third-order valence-electron chi connectivity index (χ3n) is 7.44. The number of amides is 1. The molecule has 1 amide bonds. The molecule has 1 aliphatic heterocycles. The van der Waals surface area contributed by atoms with Crippen molar-refractivity contribution in [2.45, 2.75) is 25.9 Å². The van der Waals surface area contributed by atoms with Crippen LogP contribution >= 0.6 is 0 Å². The highest BCUT2D eigenvalue weighted by Gasteiger charge is 2.43. The van der Waals surface area contributed by atoms with Gasteiger partial charge in [0.05, 0.1) is 17.8 Å². The molecule has 0 aliphatic carbocycles. The summed E-state index contributed by atoms with van der Waals surface area (Å²) in [5.41, 5.74) is 8.91. The Morgan fingerprint density at radius 3 is 2.20 bits per heavy atom. The minimum atomic E-state index is -0.184. The van der Waals surface area contributed by atoms with Gasteiger partial charge in [-0.05, 0) is 42.7 Å². The molecule has 3 heteroatoms. The molecule has 172 valence electrons. The van der Waals surface area contributed by atoms with Crippen molar-refractivity contribution in [3.05, 3.63) is 131 Å². The van der Waals surface area contributed by atoms with E-state index in [1.165, 1.54) is 22.0 Å². The molecular weight excluding hydrogens is 428 g/mol. The van der Waals surface area contributed by atoms with Crippen molar-refractivity contribution in [3.63, 3.8) is 0 Å². The van der Waals surface area contributed by atoms with Crippen LogP contribution in [0.25, 0.3) is 22.2 Å². The Morgan fingerprint density at radius 1 is 0.771 bits per heavy atom. The van der Waals surface area contributed by atoms with E-state index in [1.54, 1.807) is 0 Å². The molecular formula is C32H28N2O. The van der Waals surface area contributed by atoms with Crippen LogP contribution in [0.1, 0.15) is 51.6 Å². The molecule has 1 aromatic heterocycles. The standard InChI is InChI=1S/C32H28N2O/c1-21-17-19-24(20-18-21)30-29(27-15-9-10-16-28(27)33(30)3)31-25-13-7-8-14-26(25)32(35)34(31)22(2)23-11-5-4-6-12-23/h4-20,22,31H,1-3H3/t22-,31+/m0/s1. The van der Waals surface area contributed by atoms with E-state index >= 15 is 0 Å². The first-order valence-corrected chi connectivity index (χ1v) is 12.2. The number of carbonyl (C=O) groups excluding carboxylic acids is 1. The number of aromatic nitrogens is 1. The minimum absolute atomic E-state index is 0.0778. The molecule has 0 fully saturated rings. The summed E-state index contributed by atoms with van der Waals surface area (Å²) in [6.45, 7) is 4.25. The lowest BCUT2D eigenvalue weighted by Gasteiger charge is -2.32. The van der Waals surface area contributed by atoms with Crippen LogP contribution in [0.4, 0.5) is 0 Å². The van der Waals surface area contributed by atoms with Crippen LogP contribution in [0.2, 0.25) is 0 Å². The lowest BCUT2D eigenvalue weighted by Crippen LogP contribution is -2.31. The highest BCUT2D eigenvalue weighted by molar-refractivity contribution is 6.02. The lowest BCUT2D eigenvalue weighted by molar-refractivity contribution is 0.0678. The van der Waals surface area contributed by atoms with Crippen LogP contribution in [0.5, 0.6) is 0 Å². The Morgan fingerprint density at radius 2 is 1.43 bits per heavy atom. The van der Waals surface area contributed by atoms with Crippen molar-refractivity contribution in [3.8, 4) is 11.3 Å². The summed E-state index contributed by atoms with van der Waals surface area (Å²) in [6, 6.07) is 35.4. The summed E-state index contributed by atoms with van der Waals surface area (Å²) in [4.78, 5) is 16.0.